The monoisotopic (exact) mass is 362 g/mol. The van der Waals surface area contributed by atoms with Crippen LogP contribution >= 0.6 is 15.9 Å². The molecule has 0 aromatic heterocycles. The Morgan fingerprint density at radius 1 is 1.30 bits per heavy atom. The van der Waals surface area contributed by atoms with Gasteiger partial charge in [-0.05, 0) is 46.5 Å². The Labute approximate surface area is 130 Å². The van der Waals surface area contributed by atoms with Crippen molar-refractivity contribution in [2.24, 2.45) is 0 Å². The second kappa shape index (κ2) is 7.54. The van der Waals surface area contributed by atoms with Crippen molar-refractivity contribution in [2.45, 2.75) is 51.6 Å². The molecule has 0 saturated heterocycles. The minimum Gasteiger partial charge on any atom is -0.310 e. The maximum atomic E-state index is 12.3. The SMILES string of the molecule is CCCNS(=O)(=O)c1cc(CNC(C)C)cc(C)c1Br. The molecule has 1 rings (SSSR count). The third kappa shape index (κ3) is 4.84. The predicted octanol–water partition coefficient (Wildman–Crippen LogP) is 2.94. The first kappa shape index (κ1) is 17.6. The van der Waals surface area contributed by atoms with Crippen molar-refractivity contribution >= 4 is 26.0 Å². The van der Waals surface area contributed by atoms with Crippen molar-refractivity contribution in [3.8, 4) is 0 Å². The van der Waals surface area contributed by atoms with Crippen molar-refractivity contribution in [3.63, 3.8) is 0 Å². The van der Waals surface area contributed by atoms with E-state index in [-0.39, 0.29) is 0 Å². The normalized spacial score (nSPS) is 12.1. The summed E-state index contributed by atoms with van der Waals surface area (Å²) in [4.78, 5) is 0.312. The molecule has 0 amide bonds. The first-order valence-corrected chi connectivity index (χ1v) is 9.07. The number of sulfonamides is 1. The van der Waals surface area contributed by atoms with E-state index in [1.165, 1.54) is 0 Å². The van der Waals surface area contributed by atoms with Gasteiger partial charge >= 0.3 is 0 Å². The number of hydrogen-bond donors (Lipinski definition) is 2. The minimum atomic E-state index is -3.46. The smallest absolute Gasteiger partial charge is 0.241 e. The van der Waals surface area contributed by atoms with Crippen molar-refractivity contribution in [2.75, 3.05) is 6.54 Å². The van der Waals surface area contributed by atoms with Crippen molar-refractivity contribution in [3.05, 3.63) is 27.7 Å². The maximum absolute atomic E-state index is 12.3. The van der Waals surface area contributed by atoms with E-state index in [2.05, 4.69) is 39.8 Å². The van der Waals surface area contributed by atoms with E-state index < -0.39 is 10.0 Å². The molecular weight excluding hydrogens is 340 g/mol. The fraction of sp³-hybridized carbons (Fsp3) is 0.571. The molecule has 0 spiro atoms. The van der Waals surface area contributed by atoms with Gasteiger partial charge in [0.1, 0.15) is 0 Å². The third-order valence-corrected chi connectivity index (χ3v) is 5.63. The summed E-state index contributed by atoms with van der Waals surface area (Å²) in [7, 11) is -3.46. The standard InChI is InChI=1S/C14H23BrN2O2S/c1-5-6-17-20(18,19)13-8-12(9-16-10(2)3)7-11(4)14(13)15/h7-8,10,16-17H,5-6,9H2,1-4H3. The number of hydrogen-bond acceptors (Lipinski definition) is 3. The molecule has 1 aromatic rings. The summed E-state index contributed by atoms with van der Waals surface area (Å²) in [6.07, 6.45) is 0.768. The Morgan fingerprint density at radius 2 is 1.95 bits per heavy atom. The van der Waals surface area contributed by atoms with Crippen LogP contribution in [0.3, 0.4) is 0 Å². The van der Waals surface area contributed by atoms with Crippen LogP contribution in [-0.4, -0.2) is 21.0 Å². The van der Waals surface area contributed by atoms with Gasteiger partial charge in [-0.3, -0.25) is 0 Å². The Kier molecular flexibility index (Phi) is 6.64. The molecule has 114 valence electrons. The summed E-state index contributed by atoms with van der Waals surface area (Å²) in [6, 6.07) is 4.08. The molecule has 0 radical (unpaired) electrons. The van der Waals surface area contributed by atoms with E-state index >= 15 is 0 Å². The van der Waals surface area contributed by atoms with Gasteiger partial charge in [0.25, 0.3) is 0 Å². The van der Waals surface area contributed by atoms with Crippen LogP contribution in [-0.2, 0) is 16.6 Å². The lowest BCUT2D eigenvalue weighted by Gasteiger charge is -2.14. The van der Waals surface area contributed by atoms with Gasteiger partial charge in [-0.15, -0.1) is 0 Å². The number of benzene rings is 1. The van der Waals surface area contributed by atoms with Crippen LogP contribution in [0.15, 0.2) is 21.5 Å². The lowest BCUT2D eigenvalue weighted by atomic mass is 10.1. The summed E-state index contributed by atoms with van der Waals surface area (Å²) in [5, 5.41) is 3.30. The first-order valence-electron chi connectivity index (χ1n) is 6.80. The molecule has 2 N–H and O–H groups in total. The van der Waals surface area contributed by atoms with Crippen molar-refractivity contribution in [1.82, 2.24) is 10.0 Å². The van der Waals surface area contributed by atoms with Gasteiger partial charge in [-0.1, -0.05) is 26.8 Å². The highest BCUT2D eigenvalue weighted by atomic mass is 79.9. The van der Waals surface area contributed by atoms with Crippen LogP contribution in [0.2, 0.25) is 0 Å². The van der Waals surface area contributed by atoms with Gasteiger partial charge < -0.3 is 5.32 Å². The van der Waals surface area contributed by atoms with E-state index in [4.69, 9.17) is 0 Å². The average molecular weight is 363 g/mol. The molecule has 0 aliphatic heterocycles. The zero-order chi connectivity index (χ0) is 15.3. The van der Waals surface area contributed by atoms with Crippen LogP contribution in [0.25, 0.3) is 0 Å². The number of halogens is 1. The summed E-state index contributed by atoms with van der Waals surface area (Å²) < 4.78 is 27.8. The van der Waals surface area contributed by atoms with Gasteiger partial charge in [-0.2, -0.15) is 0 Å². The summed E-state index contributed by atoms with van der Waals surface area (Å²) in [5.74, 6) is 0. The molecule has 6 heteroatoms. The minimum absolute atomic E-state index is 0.312. The molecule has 0 bridgehead atoms. The highest BCUT2D eigenvalue weighted by Crippen LogP contribution is 2.27. The van der Waals surface area contributed by atoms with Crippen LogP contribution in [0.5, 0.6) is 0 Å². The van der Waals surface area contributed by atoms with E-state index in [9.17, 15) is 8.42 Å². The Bertz CT molecular complexity index is 557. The van der Waals surface area contributed by atoms with E-state index in [1.807, 2.05) is 19.9 Å². The fourth-order valence-electron chi connectivity index (χ4n) is 1.74. The molecule has 20 heavy (non-hydrogen) atoms. The first-order chi connectivity index (χ1) is 9.27. The second-order valence-corrected chi connectivity index (χ2v) is 7.69. The quantitative estimate of drug-likeness (QED) is 0.783. The lowest BCUT2D eigenvalue weighted by Crippen LogP contribution is -2.26. The summed E-state index contributed by atoms with van der Waals surface area (Å²) >= 11 is 3.38. The molecule has 0 saturated carbocycles. The molecule has 0 fully saturated rings. The summed E-state index contributed by atoms with van der Waals surface area (Å²) in [6.45, 7) is 9.07. The molecule has 0 aliphatic carbocycles. The Morgan fingerprint density at radius 3 is 2.50 bits per heavy atom. The van der Waals surface area contributed by atoms with E-state index in [1.54, 1.807) is 6.07 Å². The highest BCUT2D eigenvalue weighted by Gasteiger charge is 2.19. The van der Waals surface area contributed by atoms with Gasteiger partial charge in [0.2, 0.25) is 10.0 Å². The largest absolute Gasteiger partial charge is 0.310 e. The van der Waals surface area contributed by atoms with E-state index in [0.29, 0.717) is 28.5 Å². The van der Waals surface area contributed by atoms with Crippen LogP contribution < -0.4 is 10.0 Å². The van der Waals surface area contributed by atoms with Crippen LogP contribution in [0.4, 0.5) is 0 Å². The van der Waals surface area contributed by atoms with Gasteiger partial charge in [-0.25, -0.2) is 13.1 Å². The van der Waals surface area contributed by atoms with Crippen molar-refractivity contribution < 1.29 is 8.42 Å². The topological polar surface area (TPSA) is 58.2 Å². The summed E-state index contributed by atoms with van der Waals surface area (Å²) in [5.41, 5.74) is 1.89. The molecule has 0 aliphatic rings. The Hall–Kier alpha value is -0.430. The predicted molar refractivity (Wildman–Crippen MR) is 86.3 cm³/mol. The third-order valence-electron chi connectivity index (χ3n) is 2.83. The van der Waals surface area contributed by atoms with Crippen molar-refractivity contribution in [1.29, 1.82) is 0 Å². The zero-order valence-corrected chi connectivity index (χ0v) is 14.9. The fourth-order valence-corrected chi connectivity index (χ4v) is 3.94. The second-order valence-electron chi connectivity index (χ2n) is 5.16. The molecule has 0 heterocycles. The zero-order valence-electron chi connectivity index (χ0n) is 12.5. The molecule has 1 aromatic carbocycles. The van der Waals surface area contributed by atoms with Gasteiger partial charge in [0.05, 0.1) is 4.90 Å². The van der Waals surface area contributed by atoms with Gasteiger partial charge in [0.15, 0.2) is 0 Å². The molecule has 4 nitrogen and oxygen atoms in total. The molecule has 0 atom stereocenters. The molecular formula is C14H23BrN2O2S. The van der Waals surface area contributed by atoms with E-state index in [0.717, 1.165) is 17.5 Å². The highest BCUT2D eigenvalue weighted by molar-refractivity contribution is 9.10. The molecule has 0 unspecified atom stereocenters. The van der Waals surface area contributed by atoms with Crippen LogP contribution in [0.1, 0.15) is 38.3 Å². The maximum Gasteiger partial charge on any atom is 0.241 e. The number of rotatable bonds is 7. The number of nitrogens with one attached hydrogen (secondary N) is 2. The Balaban J connectivity index is 3.12. The van der Waals surface area contributed by atoms with Gasteiger partial charge in [0, 0.05) is 23.6 Å². The van der Waals surface area contributed by atoms with Crippen LogP contribution in [0, 0.1) is 6.92 Å². The number of aryl methyl sites for hydroxylation is 1. The average Bonchev–Trinajstić information content (AvgIpc) is 2.37. The lowest BCUT2D eigenvalue weighted by molar-refractivity contribution is 0.577.